The zero-order chi connectivity index (χ0) is 20.8. The minimum atomic E-state index is -3.37. The second-order valence-corrected chi connectivity index (χ2v) is 7.70. The Labute approximate surface area is 170 Å². The van der Waals surface area contributed by atoms with E-state index in [9.17, 15) is 18.4 Å². The quantitative estimate of drug-likeness (QED) is 0.750. The van der Waals surface area contributed by atoms with Crippen LogP contribution in [-0.2, 0) is 12.1 Å². The fraction of sp³-hybridized carbons (Fsp3) is 0.350. The molecule has 1 fully saturated rings. The Morgan fingerprint density at radius 3 is 2.79 bits per heavy atom. The van der Waals surface area contributed by atoms with Crippen molar-refractivity contribution in [2.75, 3.05) is 5.32 Å². The molecule has 1 aliphatic carbocycles. The molecule has 1 saturated carbocycles. The van der Waals surface area contributed by atoms with Crippen molar-refractivity contribution >= 4 is 23.3 Å². The number of anilines is 1. The second kappa shape index (κ2) is 6.85. The van der Waals surface area contributed by atoms with Gasteiger partial charge in [0.05, 0.1) is 12.9 Å². The smallest absolute Gasteiger partial charge is 0.312 e. The summed E-state index contributed by atoms with van der Waals surface area (Å²) in [6.07, 6.45) is 4.44. The second-order valence-electron chi connectivity index (χ2n) is 7.30. The highest BCUT2D eigenvalue weighted by Crippen LogP contribution is 2.45. The lowest BCUT2D eigenvalue weighted by molar-refractivity contribution is -0.0464. The van der Waals surface area contributed by atoms with E-state index in [0.717, 1.165) is 19.8 Å². The van der Waals surface area contributed by atoms with Crippen molar-refractivity contribution < 1.29 is 13.6 Å². The van der Waals surface area contributed by atoms with Gasteiger partial charge >= 0.3 is 6.03 Å². The number of benzene rings is 1. The molecule has 4 rings (SSSR count). The molecule has 29 heavy (non-hydrogen) atoms. The number of hydrogen-bond acceptors (Lipinski definition) is 3. The van der Waals surface area contributed by atoms with Crippen molar-refractivity contribution in [3.63, 3.8) is 0 Å². The molecule has 0 saturated heterocycles. The SMILES string of the molecule is CC(F)(F)[C@@]1(C#CC2CC2)NC(=O)Nc2cc(Cn3cnccc3=O)c(Cl)cc21. The van der Waals surface area contributed by atoms with Crippen molar-refractivity contribution in [2.45, 2.75) is 37.8 Å². The molecule has 0 spiro atoms. The van der Waals surface area contributed by atoms with Crippen molar-refractivity contribution in [2.24, 2.45) is 5.92 Å². The van der Waals surface area contributed by atoms with Crippen LogP contribution >= 0.6 is 11.6 Å². The Balaban J connectivity index is 1.84. The summed E-state index contributed by atoms with van der Waals surface area (Å²) < 4.78 is 30.9. The van der Waals surface area contributed by atoms with Crippen LogP contribution in [0.3, 0.4) is 0 Å². The molecule has 0 bridgehead atoms. The Kier molecular flexibility index (Phi) is 4.58. The first kappa shape index (κ1) is 19.4. The fourth-order valence-electron chi connectivity index (χ4n) is 3.22. The van der Waals surface area contributed by atoms with E-state index in [2.05, 4.69) is 27.5 Å². The number of nitrogens with zero attached hydrogens (tertiary/aromatic N) is 2. The van der Waals surface area contributed by atoms with Gasteiger partial charge in [-0.2, -0.15) is 0 Å². The van der Waals surface area contributed by atoms with Crippen molar-refractivity contribution in [1.82, 2.24) is 14.9 Å². The molecule has 1 aromatic heterocycles. The normalized spacial score (nSPS) is 20.8. The molecule has 0 unspecified atom stereocenters. The van der Waals surface area contributed by atoms with Crippen LogP contribution < -0.4 is 16.2 Å². The molecule has 150 valence electrons. The van der Waals surface area contributed by atoms with E-state index in [1.54, 1.807) is 0 Å². The third kappa shape index (κ3) is 3.58. The molecule has 2 N–H and O–H groups in total. The molecule has 1 aromatic carbocycles. The fourth-order valence-corrected chi connectivity index (χ4v) is 3.44. The molecule has 2 amide bonds. The van der Waals surface area contributed by atoms with E-state index in [0.29, 0.717) is 5.56 Å². The van der Waals surface area contributed by atoms with E-state index in [4.69, 9.17) is 11.6 Å². The van der Waals surface area contributed by atoms with Crippen LogP contribution in [0.15, 0.2) is 35.5 Å². The lowest BCUT2D eigenvalue weighted by atomic mass is 9.81. The lowest BCUT2D eigenvalue weighted by Gasteiger charge is -2.40. The van der Waals surface area contributed by atoms with E-state index < -0.39 is 17.5 Å². The highest BCUT2D eigenvalue weighted by molar-refractivity contribution is 6.31. The average molecular weight is 419 g/mol. The third-order valence-electron chi connectivity index (χ3n) is 4.97. The summed E-state index contributed by atoms with van der Waals surface area (Å²) in [6, 6.07) is 3.39. The minimum Gasteiger partial charge on any atom is -0.312 e. The van der Waals surface area contributed by atoms with Crippen LogP contribution in [0.25, 0.3) is 0 Å². The summed E-state index contributed by atoms with van der Waals surface area (Å²) in [5.74, 6) is 2.18. The van der Waals surface area contributed by atoms with Gasteiger partial charge in [0.25, 0.3) is 11.5 Å². The molecular weight excluding hydrogens is 402 g/mol. The van der Waals surface area contributed by atoms with Gasteiger partial charge in [-0.05, 0) is 30.5 Å². The van der Waals surface area contributed by atoms with Crippen LogP contribution in [-0.4, -0.2) is 21.5 Å². The van der Waals surface area contributed by atoms with Crippen LogP contribution in [0.4, 0.5) is 19.3 Å². The van der Waals surface area contributed by atoms with Crippen molar-refractivity contribution in [3.05, 3.63) is 57.2 Å². The van der Waals surface area contributed by atoms with Gasteiger partial charge in [-0.1, -0.05) is 23.4 Å². The predicted molar refractivity (Wildman–Crippen MR) is 104 cm³/mol. The lowest BCUT2D eigenvalue weighted by Crippen LogP contribution is -2.59. The minimum absolute atomic E-state index is 0.0664. The number of carbonyl (C=O) groups is 1. The largest absolute Gasteiger partial charge is 0.320 e. The standard InChI is InChI=1S/C20H17ClF2N4O2/c1-19(22,23)20(6-4-12-2-3-12)14-9-15(21)13(8-16(14)25-18(29)26-20)10-27-11-24-7-5-17(27)28/h5,7-9,11-12H,2-3,10H2,1H3,(H2,25,26,29)/t20-/m0/s1. The maximum absolute atomic E-state index is 14.8. The van der Waals surface area contributed by atoms with Gasteiger partial charge in [-0.25, -0.2) is 18.6 Å². The number of nitrogens with one attached hydrogen (secondary N) is 2. The zero-order valence-electron chi connectivity index (χ0n) is 15.4. The number of halogens is 3. The van der Waals surface area contributed by atoms with Gasteiger partial charge in [0.15, 0.2) is 5.54 Å². The monoisotopic (exact) mass is 418 g/mol. The first-order valence-electron chi connectivity index (χ1n) is 9.03. The van der Waals surface area contributed by atoms with Gasteiger partial charge in [-0.15, -0.1) is 0 Å². The number of alkyl halides is 2. The van der Waals surface area contributed by atoms with E-state index in [1.807, 2.05) is 0 Å². The van der Waals surface area contributed by atoms with Crippen molar-refractivity contribution in [3.8, 4) is 11.8 Å². The Bertz CT molecular complexity index is 1110. The number of rotatable bonds is 3. The van der Waals surface area contributed by atoms with Gasteiger partial charge in [0.2, 0.25) is 0 Å². The first-order valence-corrected chi connectivity index (χ1v) is 9.40. The Morgan fingerprint density at radius 2 is 2.14 bits per heavy atom. The van der Waals surface area contributed by atoms with E-state index in [1.165, 1.54) is 35.3 Å². The molecule has 2 aromatic rings. The van der Waals surface area contributed by atoms with Crippen LogP contribution in [0.5, 0.6) is 0 Å². The highest BCUT2D eigenvalue weighted by atomic mass is 35.5. The van der Waals surface area contributed by atoms with E-state index in [-0.39, 0.29) is 34.3 Å². The van der Waals surface area contributed by atoms with Crippen LogP contribution in [0.1, 0.15) is 30.9 Å². The zero-order valence-corrected chi connectivity index (χ0v) is 16.2. The van der Waals surface area contributed by atoms with Gasteiger partial charge in [0.1, 0.15) is 0 Å². The Morgan fingerprint density at radius 1 is 1.38 bits per heavy atom. The number of aromatic nitrogens is 2. The maximum atomic E-state index is 14.8. The summed E-state index contributed by atoms with van der Waals surface area (Å²) in [4.78, 5) is 28.1. The molecule has 1 atom stereocenters. The third-order valence-corrected chi connectivity index (χ3v) is 5.32. The molecule has 2 heterocycles. The molecule has 1 aliphatic heterocycles. The maximum Gasteiger partial charge on any atom is 0.320 e. The van der Waals surface area contributed by atoms with Gasteiger partial charge in [-0.3, -0.25) is 9.36 Å². The number of hydrogen-bond donors (Lipinski definition) is 2. The highest BCUT2D eigenvalue weighted by Gasteiger charge is 2.55. The van der Waals surface area contributed by atoms with Gasteiger partial charge < -0.3 is 10.6 Å². The van der Waals surface area contributed by atoms with Gasteiger partial charge in [0, 0.05) is 41.4 Å². The Hall–Kier alpha value is -2.92. The summed E-state index contributed by atoms with van der Waals surface area (Å²) >= 11 is 6.38. The average Bonchev–Trinajstić information content (AvgIpc) is 3.46. The first-order chi connectivity index (χ1) is 13.7. The topological polar surface area (TPSA) is 76.0 Å². The summed E-state index contributed by atoms with van der Waals surface area (Å²) in [5.41, 5.74) is -1.74. The molecule has 9 heteroatoms. The molecular formula is C20H17ClF2N4O2. The summed E-state index contributed by atoms with van der Waals surface area (Å²) in [7, 11) is 0. The molecule has 6 nitrogen and oxygen atoms in total. The van der Waals surface area contributed by atoms with E-state index >= 15 is 0 Å². The predicted octanol–water partition coefficient (Wildman–Crippen LogP) is 3.34. The summed E-state index contributed by atoms with van der Waals surface area (Å²) in [5, 5.41) is 5.04. The van der Waals surface area contributed by atoms with Crippen molar-refractivity contribution in [1.29, 1.82) is 0 Å². The molecule has 2 aliphatic rings. The van der Waals surface area contributed by atoms with Crippen LogP contribution in [0, 0.1) is 17.8 Å². The van der Waals surface area contributed by atoms with Crippen LogP contribution in [0.2, 0.25) is 5.02 Å². The number of carbonyl (C=O) groups excluding carboxylic acids is 1. The number of urea groups is 1. The number of fused-ring (bicyclic) bond motifs is 1. The summed E-state index contributed by atoms with van der Waals surface area (Å²) in [6.45, 7) is 0.798. The molecule has 0 radical (unpaired) electrons. The number of amides is 2.